The molecule has 2 bridgehead atoms. The Morgan fingerprint density at radius 1 is 1.18 bits per heavy atom. The third-order valence-electron chi connectivity index (χ3n) is 6.10. The number of nitrogens with one attached hydrogen (secondary N) is 1. The molecule has 0 aromatic heterocycles. The molecule has 3 aliphatic heterocycles. The van der Waals surface area contributed by atoms with Gasteiger partial charge in [-0.3, -0.25) is 9.59 Å². The van der Waals surface area contributed by atoms with Gasteiger partial charge in [0.15, 0.2) is 0 Å². The topological polar surface area (TPSA) is 61.9 Å². The number of carbonyl (C=O) groups excluding carboxylic acids is 2. The van der Waals surface area contributed by atoms with Gasteiger partial charge in [-0.15, -0.1) is 12.4 Å². The largest absolute Gasteiger partial charge is 0.496 e. The molecule has 154 valence electrons. The van der Waals surface area contributed by atoms with Crippen molar-refractivity contribution in [3.05, 3.63) is 28.8 Å². The van der Waals surface area contributed by atoms with E-state index in [4.69, 9.17) is 16.3 Å². The quantitative estimate of drug-likeness (QED) is 0.805. The summed E-state index contributed by atoms with van der Waals surface area (Å²) in [6, 6.07) is 5.19. The lowest BCUT2D eigenvalue weighted by atomic mass is 10.1. The second kappa shape index (κ2) is 8.89. The van der Waals surface area contributed by atoms with Gasteiger partial charge in [-0.25, -0.2) is 0 Å². The Bertz CT molecular complexity index is 731. The monoisotopic (exact) mass is 427 g/mol. The van der Waals surface area contributed by atoms with Gasteiger partial charge >= 0.3 is 0 Å². The van der Waals surface area contributed by atoms with Crippen LogP contribution >= 0.6 is 24.0 Å². The lowest BCUT2D eigenvalue weighted by molar-refractivity contribution is -0.137. The number of carbonyl (C=O) groups is 2. The number of hydrogen-bond donors (Lipinski definition) is 1. The van der Waals surface area contributed by atoms with Crippen LogP contribution in [0.5, 0.6) is 5.75 Å². The first-order chi connectivity index (χ1) is 13.1. The van der Waals surface area contributed by atoms with E-state index < -0.39 is 0 Å². The minimum absolute atomic E-state index is 0. The molecule has 0 aliphatic carbocycles. The maximum absolute atomic E-state index is 13.4. The molecule has 0 spiro atoms. The molecule has 8 heteroatoms. The van der Waals surface area contributed by atoms with Crippen LogP contribution in [0.1, 0.15) is 42.5 Å². The zero-order chi connectivity index (χ0) is 19.0. The minimum atomic E-state index is -0.387. The predicted molar refractivity (Wildman–Crippen MR) is 110 cm³/mol. The van der Waals surface area contributed by atoms with Crippen LogP contribution in [0.3, 0.4) is 0 Å². The van der Waals surface area contributed by atoms with E-state index in [1.54, 1.807) is 23.1 Å². The van der Waals surface area contributed by atoms with Gasteiger partial charge in [0.2, 0.25) is 5.91 Å². The van der Waals surface area contributed by atoms with Gasteiger partial charge in [-0.2, -0.15) is 0 Å². The van der Waals surface area contributed by atoms with Gasteiger partial charge in [-0.05, 0) is 56.8 Å². The first kappa shape index (κ1) is 21.2. The molecule has 0 radical (unpaired) electrons. The number of hydrogen-bond acceptors (Lipinski definition) is 4. The maximum atomic E-state index is 13.4. The lowest BCUT2D eigenvalue weighted by Crippen LogP contribution is -2.52. The van der Waals surface area contributed by atoms with Crippen LogP contribution in [0, 0.1) is 0 Å². The number of fused-ring (bicyclic) bond motifs is 2. The van der Waals surface area contributed by atoms with E-state index in [0.717, 1.165) is 45.2 Å². The van der Waals surface area contributed by atoms with Crippen LogP contribution in [0.4, 0.5) is 0 Å². The molecule has 3 heterocycles. The van der Waals surface area contributed by atoms with Crippen LogP contribution in [-0.2, 0) is 4.79 Å². The summed E-state index contributed by atoms with van der Waals surface area (Å²) in [5.41, 5.74) is 0.421. The lowest BCUT2D eigenvalue weighted by Gasteiger charge is -2.34. The Morgan fingerprint density at radius 2 is 1.96 bits per heavy atom. The first-order valence-electron chi connectivity index (χ1n) is 9.77. The molecule has 3 unspecified atom stereocenters. The molecule has 2 amide bonds. The summed E-state index contributed by atoms with van der Waals surface area (Å²) in [5, 5.41) is 3.91. The van der Waals surface area contributed by atoms with E-state index in [0.29, 0.717) is 28.9 Å². The molecule has 3 fully saturated rings. The Hall–Kier alpha value is -1.50. The standard InChI is InChI=1S/C20H26ClN3O3.ClH/c1-27-18-7-4-13(21)11-16(18)19(25)23-10-2-3-17(23)20(26)24-14-5-6-15(24)12-22-9-8-14;/h4,7,11,14-15,17,22H,2-3,5-6,8-10,12H2,1H3;1H. The van der Waals surface area contributed by atoms with Crippen molar-refractivity contribution in [2.24, 2.45) is 0 Å². The summed E-state index contributed by atoms with van der Waals surface area (Å²) in [5.74, 6) is 0.421. The van der Waals surface area contributed by atoms with Crippen molar-refractivity contribution in [3.63, 3.8) is 0 Å². The summed E-state index contributed by atoms with van der Waals surface area (Å²) in [4.78, 5) is 30.4. The summed E-state index contributed by atoms with van der Waals surface area (Å²) in [6.45, 7) is 2.40. The number of amides is 2. The number of likely N-dealkylation sites (tertiary alicyclic amines) is 1. The average Bonchev–Trinajstić information content (AvgIpc) is 3.24. The van der Waals surface area contributed by atoms with Crippen LogP contribution in [0.2, 0.25) is 5.02 Å². The van der Waals surface area contributed by atoms with E-state index in [-0.39, 0.29) is 36.3 Å². The zero-order valence-corrected chi connectivity index (χ0v) is 17.6. The fourth-order valence-electron chi connectivity index (χ4n) is 4.78. The van der Waals surface area contributed by atoms with E-state index in [1.807, 2.05) is 0 Å². The molecule has 0 saturated carbocycles. The Morgan fingerprint density at radius 3 is 2.75 bits per heavy atom. The van der Waals surface area contributed by atoms with Crippen molar-refractivity contribution in [3.8, 4) is 5.75 Å². The van der Waals surface area contributed by atoms with Crippen molar-refractivity contribution in [2.45, 2.75) is 50.2 Å². The average molecular weight is 428 g/mol. The third-order valence-corrected chi connectivity index (χ3v) is 6.33. The van der Waals surface area contributed by atoms with Crippen LogP contribution in [0.15, 0.2) is 18.2 Å². The van der Waals surface area contributed by atoms with E-state index in [2.05, 4.69) is 10.2 Å². The molecule has 3 aliphatic rings. The normalized spacial score (nSPS) is 26.6. The predicted octanol–water partition coefficient (Wildman–Crippen LogP) is 2.73. The number of rotatable bonds is 3. The highest BCUT2D eigenvalue weighted by molar-refractivity contribution is 6.31. The second-order valence-corrected chi connectivity index (χ2v) is 8.06. The highest BCUT2D eigenvalue weighted by Gasteiger charge is 2.44. The molecule has 6 nitrogen and oxygen atoms in total. The summed E-state index contributed by atoms with van der Waals surface area (Å²) >= 11 is 6.10. The summed E-state index contributed by atoms with van der Waals surface area (Å²) in [6.07, 6.45) is 4.67. The number of benzene rings is 1. The molecule has 3 atom stereocenters. The van der Waals surface area contributed by atoms with E-state index in [1.165, 1.54) is 7.11 Å². The van der Waals surface area contributed by atoms with Gasteiger partial charge in [0.25, 0.3) is 5.91 Å². The molecule has 1 N–H and O–H groups in total. The highest BCUT2D eigenvalue weighted by atomic mass is 35.5. The van der Waals surface area contributed by atoms with E-state index >= 15 is 0 Å². The molecule has 1 aromatic carbocycles. The Labute approximate surface area is 176 Å². The second-order valence-electron chi connectivity index (χ2n) is 7.62. The van der Waals surface area contributed by atoms with Gasteiger partial charge in [0.05, 0.1) is 12.7 Å². The van der Waals surface area contributed by atoms with Crippen LogP contribution in [0.25, 0.3) is 0 Å². The van der Waals surface area contributed by atoms with E-state index in [9.17, 15) is 9.59 Å². The smallest absolute Gasteiger partial charge is 0.258 e. The molecule has 1 aromatic rings. The molecular formula is C20H27Cl2N3O3. The highest BCUT2D eigenvalue weighted by Crippen LogP contribution is 2.33. The fraction of sp³-hybridized carbons (Fsp3) is 0.600. The molecular weight excluding hydrogens is 401 g/mol. The van der Waals surface area contributed by atoms with Gasteiger partial charge in [0.1, 0.15) is 11.8 Å². The van der Waals surface area contributed by atoms with Crippen molar-refractivity contribution < 1.29 is 14.3 Å². The molecule has 28 heavy (non-hydrogen) atoms. The number of methoxy groups -OCH3 is 1. The van der Waals surface area contributed by atoms with Gasteiger partial charge < -0.3 is 19.9 Å². The zero-order valence-electron chi connectivity index (χ0n) is 16.0. The SMILES string of the molecule is COc1ccc(Cl)cc1C(=O)N1CCCC1C(=O)N1C2CCNCC1CC2.Cl. The van der Waals surface area contributed by atoms with Crippen molar-refractivity contribution in [1.82, 2.24) is 15.1 Å². The number of ether oxygens (including phenoxy) is 1. The first-order valence-corrected chi connectivity index (χ1v) is 10.2. The fourth-order valence-corrected chi connectivity index (χ4v) is 4.95. The van der Waals surface area contributed by atoms with Crippen LogP contribution < -0.4 is 10.1 Å². The summed E-state index contributed by atoms with van der Waals surface area (Å²) in [7, 11) is 1.54. The van der Waals surface area contributed by atoms with Crippen molar-refractivity contribution in [1.29, 1.82) is 0 Å². The number of halogens is 2. The van der Waals surface area contributed by atoms with Crippen molar-refractivity contribution >= 4 is 35.8 Å². The maximum Gasteiger partial charge on any atom is 0.258 e. The third kappa shape index (κ3) is 3.82. The summed E-state index contributed by atoms with van der Waals surface area (Å²) < 4.78 is 5.34. The van der Waals surface area contributed by atoms with Crippen LogP contribution in [-0.4, -0.2) is 66.5 Å². The number of nitrogens with zero attached hydrogens (tertiary/aromatic N) is 2. The van der Waals surface area contributed by atoms with Gasteiger partial charge in [-0.1, -0.05) is 11.6 Å². The Kier molecular flexibility index (Phi) is 6.73. The van der Waals surface area contributed by atoms with Crippen molar-refractivity contribution in [2.75, 3.05) is 26.7 Å². The Balaban J connectivity index is 0.00000225. The minimum Gasteiger partial charge on any atom is -0.496 e. The molecule has 3 saturated heterocycles. The molecule has 4 rings (SSSR count). The van der Waals surface area contributed by atoms with Gasteiger partial charge in [0, 0.05) is 30.2 Å².